The number of nitrogen functional groups attached to an aromatic ring is 1. The van der Waals surface area contributed by atoms with Gasteiger partial charge in [0.2, 0.25) is 0 Å². The van der Waals surface area contributed by atoms with Crippen molar-refractivity contribution in [1.82, 2.24) is 9.78 Å². The SMILES string of the molecule is N#Cc1c(OCc2cccc3ccccc23)nn(Cc2ccccc2F)c1N. The van der Waals surface area contributed by atoms with Gasteiger partial charge in [-0.1, -0.05) is 60.7 Å². The molecule has 1 heterocycles. The molecule has 0 radical (unpaired) electrons. The molecule has 5 nitrogen and oxygen atoms in total. The largest absolute Gasteiger partial charge is 0.471 e. The molecule has 0 aliphatic heterocycles. The fourth-order valence-corrected chi connectivity index (χ4v) is 3.13. The maximum atomic E-state index is 13.9. The zero-order valence-electron chi connectivity index (χ0n) is 15.0. The summed E-state index contributed by atoms with van der Waals surface area (Å²) < 4.78 is 21.1. The summed E-state index contributed by atoms with van der Waals surface area (Å²) in [6.45, 7) is 0.358. The highest BCUT2D eigenvalue weighted by Crippen LogP contribution is 2.26. The van der Waals surface area contributed by atoms with E-state index < -0.39 is 0 Å². The molecule has 0 saturated carbocycles. The number of nitrogens with zero attached hydrogens (tertiary/aromatic N) is 3. The molecular weight excluding hydrogens is 355 g/mol. The van der Waals surface area contributed by atoms with E-state index in [1.165, 1.54) is 10.7 Å². The Labute approximate surface area is 161 Å². The lowest BCUT2D eigenvalue weighted by atomic mass is 10.1. The molecule has 0 amide bonds. The summed E-state index contributed by atoms with van der Waals surface area (Å²) in [5.74, 6) is -0.0583. The average molecular weight is 372 g/mol. The highest BCUT2D eigenvalue weighted by molar-refractivity contribution is 5.85. The number of ether oxygens (including phenoxy) is 1. The van der Waals surface area contributed by atoms with Gasteiger partial charge in [-0.2, -0.15) is 5.26 Å². The van der Waals surface area contributed by atoms with E-state index in [4.69, 9.17) is 10.5 Å². The van der Waals surface area contributed by atoms with Crippen molar-refractivity contribution < 1.29 is 9.13 Å². The van der Waals surface area contributed by atoms with Crippen LogP contribution in [0.1, 0.15) is 16.7 Å². The molecule has 0 aliphatic rings. The highest BCUT2D eigenvalue weighted by Gasteiger charge is 2.18. The van der Waals surface area contributed by atoms with E-state index in [0.717, 1.165) is 16.3 Å². The van der Waals surface area contributed by atoms with Crippen LogP contribution in [0.5, 0.6) is 5.88 Å². The van der Waals surface area contributed by atoms with Gasteiger partial charge >= 0.3 is 0 Å². The van der Waals surface area contributed by atoms with Gasteiger partial charge in [0.15, 0.2) is 5.56 Å². The van der Waals surface area contributed by atoms with E-state index in [1.807, 2.05) is 48.5 Å². The van der Waals surface area contributed by atoms with Crippen LogP contribution in [0, 0.1) is 17.1 Å². The Morgan fingerprint density at radius 1 is 1.00 bits per heavy atom. The standard InChI is InChI=1S/C22H17FN4O/c23-20-11-4-2-7-16(20)13-27-21(25)19(12-24)22(26-27)28-14-17-9-5-8-15-6-1-3-10-18(15)17/h1-11H,13-14,25H2. The van der Waals surface area contributed by atoms with E-state index in [0.29, 0.717) is 5.56 Å². The van der Waals surface area contributed by atoms with Crippen molar-refractivity contribution in [3.05, 3.63) is 89.2 Å². The molecule has 0 atom stereocenters. The molecule has 0 unspecified atom stereocenters. The van der Waals surface area contributed by atoms with Gasteiger partial charge < -0.3 is 10.5 Å². The number of nitriles is 1. The molecule has 4 rings (SSSR count). The number of nitrogens with two attached hydrogens (primary N) is 1. The fourth-order valence-electron chi connectivity index (χ4n) is 3.13. The van der Waals surface area contributed by atoms with Crippen LogP contribution in [0.3, 0.4) is 0 Å². The molecule has 0 aliphatic carbocycles. The molecule has 2 N–H and O–H groups in total. The molecule has 28 heavy (non-hydrogen) atoms. The minimum Gasteiger partial charge on any atom is -0.471 e. The van der Waals surface area contributed by atoms with Gasteiger partial charge in [-0.3, -0.25) is 0 Å². The summed E-state index contributed by atoms with van der Waals surface area (Å²) >= 11 is 0. The first-order valence-electron chi connectivity index (χ1n) is 8.76. The Morgan fingerprint density at radius 3 is 2.54 bits per heavy atom. The zero-order valence-corrected chi connectivity index (χ0v) is 15.0. The normalized spacial score (nSPS) is 10.7. The number of hydrogen-bond donors (Lipinski definition) is 1. The molecule has 0 spiro atoms. The van der Waals surface area contributed by atoms with Crippen molar-refractivity contribution >= 4 is 16.6 Å². The Kier molecular flexibility index (Phi) is 4.65. The van der Waals surface area contributed by atoms with Crippen LogP contribution in [0.25, 0.3) is 10.8 Å². The van der Waals surface area contributed by atoms with Crippen molar-refractivity contribution in [1.29, 1.82) is 5.26 Å². The highest BCUT2D eigenvalue weighted by atomic mass is 19.1. The lowest BCUT2D eigenvalue weighted by molar-refractivity contribution is 0.290. The second-order valence-corrected chi connectivity index (χ2v) is 6.35. The minimum atomic E-state index is -0.353. The van der Waals surface area contributed by atoms with Gasteiger partial charge in [0, 0.05) is 5.56 Å². The molecule has 0 saturated heterocycles. The van der Waals surface area contributed by atoms with Crippen molar-refractivity contribution in [2.75, 3.05) is 5.73 Å². The second-order valence-electron chi connectivity index (χ2n) is 6.35. The number of anilines is 1. The first-order chi connectivity index (χ1) is 13.7. The maximum Gasteiger partial charge on any atom is 0.253 e. The van der Waals surface area contributed by atoms with Gasteiger partial charge in [0.05, 0.1) is 6.54 Å². The number of benzene rings is 3. The number of halogens is 1. The topological polar surface area (TPSA) is 76.9 Å². The number of fused-ring (bicyclic) bond motifs is 1. The van der Waals surface area contributed by atoms with Crippen LogP contribution < -0.4 is 10.5 Å². The van der Waals surface area contributed by atoms with Crippen LogP contribution in [0.4, 0.5) is 10.2 Å². The summed E-state index contributed by atoms with van der Waals surface area (Å²) in [7, 11) is 0. The van der Waals surface area contributed by atoms with Crippen molar-refractivity contribution in [3.8, 4) is 11.9 Å². The molecule has 0 fully saturated rings. The third-order valence-electron chi connectivity index (χ3n) is 4.59. The Balaban J connectivity index is 1.61. The Morgan fingerprint density at radius 2 is 1.71 bits per heavy atom. The van der Waals surface area contributed by atoms with Crippen LogP contribution in [0.2, 0.25) is 0 Å². The van der Waals surface area contributed by atoms with E-state index in [9.17, 15) is 9.65 Å². The summed E-state index contributed by atoms with van der Waals surface area (Å²) in [6.07, 6.45) is 0. The lowest BCUT2D eigenvalue weighted by Gasteiger charge is -2.07. The minimum absolute atomic E-state index is 0.116. The molecule has 0 bridgehead atoms. The molecule has 4 aromatic rings. The number of rotatable bonds is 5. The summed E-state index contributed by atoms with van der Waals surface area (Å²) in [5.41, 5.74) is 7.61. The number of hydrogen-bond acceptors (Lipinski definition) is 4. The third-order valence-corrected chi connectivity index (χ3v) is 4.59. The van der Waals surface area contributed by atoms with Gasteiger partial charge in [0.25, 0.3) is 5.88 Å². The van der Waals surface area contributed by atoms with Crippen molar-refractivity contribution in [2.45, 2.75) is 13.2 Å². The van der Waals surface area contributed by atoms with E-state index >= 15 is 0 Å². The Hall–Kier alpha value is -3.85. The predicted octanol–water partition coefficient (Wildman–Crippen LogP) is 4.26. The second kappa shape index (κ2) is 7.41. The summed E-state index contributed by atoms with van der Waals surface area (Å²) in [6, 6.07) is 22.4. The molecule has 1 aromatic heterocycles. The van der Waals surface area contributed by atoms with Crippen molar-refractivity contribution in [2.24, 2.45) is 0 Å². The predicted molar refractivity (Wildman–Crippen MR) is 105 cm³/mol. The first kappa shape index (κ1) is 17.6. The average Bonchev–Trinajstić information content (AvgIpc) is 3.02. The van der Waals surface area contributed by atoms with Gasteiger partial charge in [-0.25, -0.2) is 9.07 Å². The van der Waals surface area contributed by atoms with Gasteiger partial charge in [0.1, 0.15) is 24.3 Å². The van der Waals surface area contributed by atoms with Crippen LogP contribution in [-0.2, 0) is 13.2 Å². The monoisotopic (exact) mass is 372 g/mol. The smallest absolute Gasteiger partial charge is 0.253 e. The molecular formula is C22H17FN4O. The third kappa shape index (κ3) is 3.26. The van der Waals surface area contributed by atoms with E-state index in [-0.39, 0.29) is 36.2 Å². The van der Waals surface area contributed by atoms with Gasteiger partial charge in [-0.05, 0) is 22.4 Å². The Bertz CT molecular complexity index is 1190. The maximum absolute atomic E-state index is 13.9. The van der Waals surface area contributed by atoms with Crippen LogP contribution >= 0.6 is 0 Å². The summed E-state index contributed by atoms with van der Waals surface area (Å²) in [4.78, 5) is 0. The first-order valence-corrected chi connectivity index (χ1v) is 8.76. The van der Waals surface area contributed by atoms with E-state index in [2.05, 4.69) is 5.10 Å². The molecule has 138 valence electrons. The van der Waals surface area contributed by atoms with Crippen molar-refractivity contribution in [3.63, 3.8) is 0 Å². The molecule has 3 aromatic carbocycles. The van der Waals surface area contributed by atoms with Gasteiger partial charge in [-0.15, -0.1) is 5.10 Å². The quantitative estimate of drug-likeness (QED) is 0.568. The van der Waals surface area contributed by atoms with Crippen LogP contribution in [0.15, 0.2) is 66.7 Å². The lowest BCUT2D eigenvalue weighted by Crippen LogP contribution is -2.07. The van der Waals surface area contributed by atoms with Crippen LogP contribution in [-0.4, -0.2) is 9.78 Å². The van der Waals surface area contributed by atoms with E-state index in [1.54, 1.807) is 18.2 Å². The number of aromatic nitrogens is 2. The summed E-state index contributed by atoms with van der Waals surface area (Å²) in [5, 5.41) is 15.9. The zero-order chi connectivity index (χ0) is 19.5. The fraction of sp³-hybridized carbons (Fsp3) is 0.0909. The molecule has 6 heteroatoms.